The predicted octanol–water partition coefficient (Wildman–Crippen LogP) is 2.12. The van der Waals surface area contributed by atoms with Crippen molar-refractivity contribution in [2.24, 2.45) is 7.05 Å². The van der Waals surface area contributed by atoms with Crippen molar-refractivity contribution in [1.82, 2.24) is 24.4 Å². The molecule has 0 fully saturated rings. The first kappa shape index (κ1) is 20.5. The smallest absolute Gasteiger partial charge is 0.306 e. The molecule has 0 bridgehead atoms. The summed E-state index contributed by atoms with van der Waals surface area (Å²) in [5.41, 5.74) is 6.66. The fraction of sp³-hybridized carbons (Fsp3) is 0.450. The molecule has 9 heteroatoms. The molecule has 3 rings (SSSR count). The molecule has 0 aliphatic carbocycles. The van der Waals surface area contributed by atoms with Crippen LogP contribution in [0.5, 0.6) is 0 Å². The van der Waals surface area contributed by atoms with Crippen LogP contribution in [-0.2, 0) is 27.8 Å². The first-order valence-electron chi connectivity index (χ1n) is 9.45. The Labute approximate surface area is 169 Å². The number of amides is 1. The minimum Gasteiger partial charge on any atom is -0.456 e. The third kappa shape index (κ3) is 4.28. The number of aryl methyl sites for hydroxylation is 5. The number of fused-ring (bicyclic) bond motifs is 1. The number of anilines is 1. The molecule has 0 saturated carbocycles. The van der Waals surface area contributed by atoms with Crippen molar-refractivity contribution in [1.29, 1.82) is 0 Å². The molecule has 29 heavy (non-hydrogen) atoms. The molecule has 1 amide bonds. The SMILES string of the molecule is Cc1cc2nc(C)c(CCC(=O)OCC(=O)Nc3c(C)nn(C)c3C)c(C)n2n1. The maximum atomic E-state index is 12.1. The third-order valence-corrected chi connectivity index (χ3v) is 5.00. The zero-order valence-electron chi connectivity index (χ0n) is 17.7. The highest BCUT2D eigenvalue weighted by atomic mass is 16.5. The largest absolute Gasteiger partial charge is 0.456 e. The first-order valence-corrected chi connectivity index (χ1v) is 9.45. The van der Waals surface area contributed by atoms with Gasteiger partial charge in [-0.2, -0.15) is 10.2 Å². The number of esters is 1. The standard InChI is InChI=1S/C20H26N6O3/c1-11-9-17-21-12(2)16(14(4)26(17)23-11)7-8-19(28)29-10-18(27)22-20-13(3)24-25(6)15(20)5/h9H,7-8,10H2,1-6H3,(H,22,27). The first-order chi connectivity index (χ1) is 13.7. The van der Waals surface area contributed by atoms with Crippen molar-refractivity contribution in [3.05, 3.63) is 40.1 Å². The highest BCUT2D eigenvalue weighted by Gasteiger charge is 2.16. The van der Waals surface area contributed by atoms with Crippen LogP contribution >= 0.6 is 0 Å². The van der Waals surface area contributed by atoms with Gasteiger partial charge in [-0.05, 0) is 46.6 Å². The molecule has 3 aromatic rings. The average molecular weight is 398 g/mol. The van der Waals surface area contributed by atoms with E-state index >= 15 is 0 Å². The van der Waals surface area contributed by atoms with Gasteiger partial charge in [0, 0.05) is 30.9 Å². The van der Waals surface area contributed by atoms with E-state index in [0.29, 0.717) is 17.8 Å². The summed E-state index contributed by atoms with van der Waals surface area (Å²) >= 11 is 0. The predicted molar refractivity (Wildman–Crippen MR) is 108 cm³/mol. The number of nitrogens with zero attached hydrogens (tertiary/aromatic N) is 5. The molecule has 3 aromatic heterocycles. The maximum absolute atomic E-state index is 12.1. The number of hydrogen-bond donors (Lipinski definition) is 1. The van der Waals surface area contributed by atoms with E-state index in [1.165, 1.54) is 0 Å². The zero-order chi connectivity index (χ0) is 21.3. The van der Waals surface area contributed by atoms with Gasteiger partial charge in [-0.1, -0.05) is 0 Å². The number of nitrogens with one attached hydrogen (secondary N) is 1. The lowest BCUT2D eigenvalue weighted by Gasteiger charge is -2.11. The van der Waals surface area contributed by atoms with E-state index < -0.39 is 5.97 Å². The summed E-state index contributed by atoms with van der Waals surface area (Å²) < 4.78 is 8.61. The van der Waals surface area contributed by atoms with E-state index in [2.05, 4.69) is 20.5 Å². The lowest BCUT2D eigenvalue weighted by molar-refractivity contribution is -0.147. The van der Waals surface area contributed by atoms with Gasteiger partial charge in [0.2, 0.25) is 0 Å². The monoisotopic (exact) mass is 398 g/mol. The van der Waals surface area contributed by atoms with E-state index in [1.54, 1.807) is 16.2 Å². The summed E-state index contributed by atoms with van der Waals surface area (Å²) in [4.78, 5) is 28.8. The molecule has 0 aliphatic rings. The summed E-state index contributed by atoms with van der Waals surface area (Å²) in [5.74, 6) is -0.824. The number of hydrogen-bond acceptors (Lipinski definition) is 6. The third-order valence-electron chi connectivity index (χ3n) is 5.00. The van der Waals surface area contributed by atoms with Crippen LogP contribution in [0.15, 0.2) is 6.07 Å². The Bertz CT molecular complexity index is 1100. The number of carbonyl (C=O) groups excluding carboxylic acids is 2. The maximum Gasteiger partial charge on any atom is 0.306 e. The molecule has 3 heterocycles. The van der Waals surface area contributed by atoms with Gasteiger partial charge in [-0.25, -0.2) is 9.50 Å². The minimum atomic E-state index is -0.435. The molecular weight excluding hydrogens is 372 g/mol. The number of ether oxygens (including phenoxy) is 1. The molecule has 0 spiro atoms. The molecular formula is C20H26N6O3. The van der Waals surface area contributed by atoms with Crippen LogP contribution < -0.4 is 5.32 Å². The lowest BCUT2D eigenvalue weighted by atomic mass is 10.1. The molecule has 1 N–H and O–H groups in total. The van der Waals surface area contributed by atoms with Crippen LogP contribution in [0, 0.1) is 34.6 Å². The highest BCUT2D eigenvalue weighted by Crippen LogP contribution is 2.19. The van der Waals surface area contributed by atoms with E-state index in [0.717, 1.165) is 34.0 Å². The topological polar surface area (TPSA) is 103 Å². The second-order valence-corrected chi connectivity index (χ2v) is 7.20. The van der Waals surface area contributed by atoms with E-state index in [9.17, 15) is 9.59 Å². The van der Waals surface area contributed by atoms with Gasteiger partial charge < -0.3 is 10.1 Å². The fourth-order valence-electron chi connectivity index (χ4n) is 3.38. The van der Waals surface area contributed by atoms with Crippen molar-refractivity contribution in [3.8, 4) is 0 Å². The summed E-state index contributed by atoms with van der Waals surface area (Å²) in [5, 5.41) is 11.4. The van der Waals surface area contributed by atoms with E-state index in [1.807, 2.05) is 40.7 Å². The Morgan fingerprint density at radius 2 is 1.79 bits per heavy atom. The Hall–Kier alpha value is -3.23. The molecule has 0 radical (unpaired) electrons. The van der Waals surface area contributed by atoms with Crippen LogP contribution in [0.25, 0.3) is 5.65 Å². The van der Waals surface area contributed by atoms with Crippen molar-refractivity contribution in [2.45, 2.75) is 47.5 Å². The van der Waals surface area contributed by atoms with Crippen LogP contribution in [0.2, 0.25) is 0 Å². The summed E-state index contributed by atoms with van der Waals surface area (Å²) in [6.45, 7) is 9.13. The normalized spacial score (nSPS) is 11.1. The van der Waals surface area contributed by atoms with Gasteiger partial charge in [-0.15, -0.1) is 0 Å². The molecule has 0 aromatic carbocycles. The molecule has 0 unspecified atom stereocenters. The second-order valence-electron chi connectivity index (χ2n) is 7.20. The van der Waals surface area contributed by atoms with Crippen molar-refractivity contribution < 1.29 is 14.3 Å². The Kier molecular flexibility index (Phi) is 5.67. The van der Waals surface area contributed by atoms with Gasteiger partial charge >= 0.3 is 5.97 Å². The van der Waals surface area contributed by atoms with Gasteiger partial charge in [0.1, 0.15) is 0 Å². The van der Waals surface area contributed by atoms with Crippen LogP contribution in [0.3, 0.4) is 0 Å². The minimum absolute atomic E-state index is 0.160. The Morgan fingerprint density at radius 1 is 1.07 bits per heavy atom. The number of carbonyl (C=O) groups is 2. The van der Waals surface area contributed by atoms with Gasteiger partial charge in [0.05, 0.1) is 22.8 Å². The summed E-state index contributed by atoms with van der Waals surface area (Å²) in [7, 11) is 1.80. The summed E-state index contributed by atoms with van der Waals surface area (Å²) in [6, 6.07) is 1.92. The second kappa shape index (κ2) is 8.02. The highest BCUT2D eigenvalue weighted by molar-refractivity contribution is 5.93. The number of rotatable bonds is 6. The lowest BCUT2D eigenvalue weighted by Crippen LogP contribution is -2.21. The molecule has 0 saturated heterocycles. The van der Waals surface area contributed by atoms with Crippen molar-refractivity contribution in [3.63, 3.8) is 0 Å². The van der Waals surface area contributed by atoms with E-state index in [4.69, 9.17) is 4.74 Å². The quantitative estimate of drug-likeness (QED) is 0.638. The van der Waals surface area contributed by atoms with Crippen LogP contribution in [0.1, 0.15) is 40.5 Å². The fourth-order valence-corrected chi connectivity index (χ4v) is 3.38. The molecule has 154 valence electrons. The summed E-state index contributed by atoms with van der Waals surface area (Å²) in [6.07, 6.45) is 0.633. The van der Waals surface area contributed by atoms with Gasteiger partial charge in [0.25, 0.3) is 5.91 Å². The Balaban J connectivity index is 1.56. The van der Waals surface area contributed by atoms with Gasteiger partial charge in [-0.3, -0.25) is 14.3 Å². The molecule has 0 aliphatic heterocycles. The van der Waals surface area contributed by atoms with Crippen LogP contribution in [0.4, 0.5) is 5.69 Å². The van der Waals surface area contributed by atoms with E-state index in [-0.39, 0.29) is 18.9 Å². The van der Waals surface area contributed by atoms with Crippen LogP contribution in [-0.4, -0.2) is 42.9 Å². The van der Waals surface area contributed by atoms with Crippen molar-refractivity contribution >= 4 is 23.2 Å². The molecule has 0 atom stereocenters. The zero-order valence-corrected chi connectivity index (χ0v) is 17.7. The molecule has 9 nitrogen and oxygen atoms in total. The van der Waals surface area contributed by atoms with Crippen molar-refractivity contribution in [2.75, 3.05) is 11.9 Å². The number of aromatic nitrogens is 5. The Morgan fingerprint density at radius 3 is 2.45 bits per heavy atom. The average Bonchev–Trinajstić information content (AvgIpc) is 3.13. The van der Waals surface area contributed by atoms with Gasteiger partial charge in [0.15, 0.2) is 12.3 Å².